The van der Waals surface area contributed by atoms with Crippen LogP contribution in [0.4, 0.5) is 4.39 Å². The molecule has 1 N–H and O–H groups in total. The summed E-state index contributed by atoms with van der Waals surface area (Å²) in [4.78, 5) is 15.8. The van der Waals surface area contributed by atoms with Gasteiger partial charge in [0.05, 0.1) is 0 Å². The van der Waals surface area contributed by atoms with Gasteiger partial charge in [0.1, 0.15) is 5.82 Å². The Morgan fingerprint density at radius 3 is 2.95 bits per heavy atom. The molecule has 2 rings (SSSR count). The highest BCUT2D eigenvalue weighted by Crippen LogP contribution is 2.17. The molecule has 6 heteroatoms. The third-order valence-electron chi connectivity index (χ3n) is 2.82. The predicted molar refractivity (Wildman–Crippen MR) is 75.9 cm³/mol. The number of carbonyl (C=O) groups excluding carboxylic acids is 1. The number of rotatable bonds is 6. The van der Waals surface area contributed by atoms with Gasteiger partial charge in [0.25, 0.3) is 0 Å². The number of amides is 1. The van der Waals surface area contributed by atoms with Crippen LogP contribution in [-0.4, -0.2) is 22.6 Å². The third kappa shape index (κ3) is 4.66. The molecule has 2 aromatic rings. The van der Waals surface area contributed by atoms with Crippen LogP contribution in [0, 0.1) is 11.7 Å². The number of benzene rings is 1. The highest BCUT2D eigenvalue weighted by molar-refractivity contribution is 5.76. The first-order valence-corrected chi connectivity index (χ1v) is 6.90. The van der Waals surface area contributed by atoms with E-state index < -0.39 is 0 Å². The summed E-state index contributed by atoms with van der Waals surface area (Å²) in [6.45, 7) is 4.71. The van der Waals surface area contributed by atoms with E-state index in [1.807, 2.05) is 13.8 Å². The van der Waals surface area contributed by atoms with E-state index >= 15 is 0 Å². The summed E-state index contributed by atoms with van der Waals surface area (Å²) in [5.41, 5.74) is 0.550. The Bertz CT molecular complexity index is 610. The summed E-state index contributed by atoms with van der Waals surface area (Å²) in [6, 6.07) is 5.97. The van der Waals surface area contributed by atoms with Crippen molar-refractivity contribution in [2.45, 2.75) is 26.7 Å². The minimum absolute atomic E-state index is 0.0470. The summed E-state index contributed by atoms with van der Waals surface area (Å²) in [7, 11) is 0. The fraction of sp³-hybridized carbons (Fsp3) is 0.400. The van der Waals surface area contributed by atoms with E-state index in [1.54, 1.807) is 12.1 Å². The standard InChI is InChI=1S/C15H18FN3O2/c1-10(2)9-17-13(20)6-7-14-18-15(19-21-14)11-4-3-5-12(16)8-11/h3-5,8,10H,6-7,9H2,1-2H3,(H,17,20). The van der Waals surface area contributed by atoms with Crippen LogP contribution in [0.3, 0.4) is 0 Å². The molecule has 1 amide bonds. The monoisotopic (exact) mass is 291 g/mol. The van der Waals surface area contributed by atoms with E-state index in [9.17, 15) is 9.18 Å². The lowest BCUT2D eigenvalue weighted by Crippen LogP contribution is -2.27. The normalized spacial score (nSPS) is 10.9. The van der Waals surface area contributed by atoms with Crippen molar-refractivity contribution in [3.63, 3.8) is 0 Å². The molecule has 0 saturated carbocycles. The lowest BCUT2D eigenvalue weighted by atomic mass is 10.2. The molecule has 0 aliphatic heterocycles. The Hall–Kier alpha value is -2.24. The van der Waals surface area contributed by atoms with E-state index in [0.29, 0.717) is 36.2 Å². The third-order valence-corrected chi connectivity index (χ3v) is 2.82. The molecule has 1 aromatic carbocycles. The first-order chi connectivity index (χ1) is 10.0. The van der Waals surface area contributed by atoms with Crippen LogP contribution in [0.25, 0.3) is 11.4 Å². The quantitative estimate of drug-likeness (QED) is 0.888. The zero-order valence-corrected chi connectivity index (χ0v) is 12.1. The second kappa shape index (κ2) is 6.97. The van der Waals surface area contributed by atoms with Gasteiger partial charge in [0.2, 0.25) is 17.6 Å². The number of aryl methyl sites for hydroxylation is 1. The number of hydrogen-bond donors (Lipinski definition) is 1. The van der Waals surface area contributed by atoms with Crippen LogP contribution >= 0.6 is 0 Å². The topological polar surface area (TPSA) is 68.0 Å². The lowest BCUT2D eigenvalue weighted by molar-refractivity contribution is -0.121. The van der Waals surface area contributed by atoms with Gasteiger partial charge in [-0.3, -0.25) is 4.79 Å². The number of aromatic nitrogens is 2. The van der Waals surface area contributed by atoms with Gasteiger partial charge < -0.3 is 9.84 Å². The molecule has 1 aromatic heterocycles. The molecule has 5 nitrogen and oxygen atoms in total. The summed E-state index contributed by atoms with van der Waals surface area (Å²) >= 11 is 0. The Kier molecular flexibility index (Phi) is 5.03. The first-order valence-electron chi connectivity index (χ1n) is 6.90. The summed E-state index contributed by atoms with van der Waals surface area (Å²) < 4.78 is 18.2. The minimum atomic E-state index is -0.355. The van der Waals surface area contributed by atoms with Gasteiger partial charge in [-0.2, -0.15) is 4.98 Å². The summed E-state index contributed by atoms with van der Waals surface area (Å²) in [6.07, 6.45) is 0.656. The summed E-state index contributed by atoms with van der Waals surface area (Å²) in [5, 5.41) is 6.62. The molecule has 112 valence electrons. The molecule has 0 radical (unpaired) electrons. The van der Waals surface area contributed by atoms with Gasteiger partial charge >= 0.3 is 0 Å². The number of nitrogens with zero attached hydrogens (tertiary/aromatic N) is 2. The van der Waals surface area contributed by atoms with E-state index in [-0.39, 0.29) is 18.1 Å². The molecular weight excluding hydrogens is 273 g/mol. The molecule has 0 spiro atoms. The Morgan fingerprint density at radius 1 is 1.43 bits per heavy atom. The van der Waals surface area contributed by atoms with Crippen molar-refractivity contribution >= 4 is 5.91 Å². The van der Waals surface area contributed by atoms with Crippen molar-refractivity contribution in [1.82, 2.24) is 15.5 Å². The zero-order valence-electron chi connectivity index (χ0n) is 12.1. The average Bonchev–Trinajstić information content (AvgIpc) is 2.92. The number of halogens is 1. The molecule has 21 heavy (non-hydrogen) atoms. The predicted octanol–water partition coefficient (Wildman–Crippen LogP) is 2.58. The van der Waals surface area contributed by atoms with Crippen molar-refractivity contribution < 1.29 is 13.7 Å². The maximum atomic E-state index is 13.1. The molecule has 0 aliphatic carbocycles. The maximum absolute atomic E-state index is 13.1. The highest BCUT2D eigenvalue weighted by atomic mass is 19.1. The number of hydrogen-bond acceptors (Lipinski definition) is 4. The average molecular weight is 291 g/mol. The molecule has 0 unspecified atom stereocenters. The second-order valence-corrected chi connectivity index (χ2v) is 5.22. The SMILES string of the molecule is CC(C)CNC(=O)CCc1nc(-c2cccc(F)c2)no1. The molecular formula is C15H18FN3O2. The highest BCUT2D eigenvalue weighted by Gasteiger charge is 2.11. The minimum Gasteiger partial charge on any atom is -0.356 e. The maximum Gasteiger partial charge on any atom is 0.227 e. The first kappa shape index (κ1) is 15.2. The van der Waals surface area contributed by atoms with Crippen LogP contribution in [0.1, 0.15) is 26.2 Å². The molecule has 1 heterocycles. The van der Waals surface area contributed by atoms with Gasteiger partial charge in [0, 0.05) is 24.9 Å². The van der Waals surface area contributed by atoms with Gasteiger partial charge in [-0.1, -0.05) is 31.1 Å². The number of nitrogens with one attached hydrogen (secondary N) is 1. The van der Waals surface area contributed by atoms with Crippen molar-refractivity contribution in [1.29, 1.82) is 0 Å². The lowest BCUT2D eigenvalue weighted by Gasteiger charge is -2.06. The molecule has 0 saturated heterocycles. The van der Waals surface area contributed by atoms with Gasteiger partial charge in [-0.15, -0.1) is 0 Å². The van der Waals surface area contributed by atoms with Crippen LogP contribution in [0.5, 0.6) is 0 Å². The fourth-order valence-corrected chi connectivity index (χ4v) is 1.73. The van der Waals surface area contributed by atoms with Crippen molar-refractivity contribution in [2.75, 3.05) is 6.54 Å². The Labute approximate surface area is 122 Å². The van der Waals surface area contributed by atoms with E-state index in [4.69, 9.17) is 4.52 Å². The van der Waals surface area contributed by atoms with Crippen molar-refractivity contribution in [3.05, 3.63) is 36.0 Å². The Morgan fingerprint density at radius 2 is 2.24 bits per heavy atom. The van der Waals surface area contributed by atoms with E-state index in [0.717, 1.165) is 0 Å². The zero-order chi connectivity index (χ0) is 15.2. The molecule has 0 fully saturated rings. The molecule has 0 aliphatic rings. The Balaban J connectivity index is 1.90. The van der Waals surface area contributed by atoms with Gasteiger partial charge in [-0.05, 0) is 18.1 Å². The van der Waals surface area contributed by atoms with Crippen molar-refractivity contribution in [2.24, 2.45) is 5.92 Å². The summed E-state index contributed by atoms with van der Waals surface area (Å²) in [5.74, 6) is 0.707. The fourth-order valence-electron chi connectivity index (χ4n) is 1.73. The van der Waals surface area contributed by atoms with Crippen LogP contribution in [-0.2, 0) is 11.2 Å². The van der Waals surface area contributed by atoms with Crippen molar-refractivity contribution in [3.8, 4) is 11.4 Å². The largest absolute Gasteiger partial charge is 0.356 e. The van der Waals surface area contributed by atoms with E-state index in [1.165, 1.54) is 12.1 Å². The van der Waals surface area contributed by atoms with Crippen LogP contribution in [0.15, 0.2) is 28.8 Å². The van der Waals surface area contributed by atoms with E-state index in [2.05, 4.69) is 15.5 Å². The second-order valence-electron chi connectivity index (χ2n) is 5.22. The van der Waals surface area contributed by atoms with Gasteiger partial charge in [-0.25, -0.2) is 4.39 Å². The molecule has 0 atom stereocenters. The van der Waals surface area contributed by atoms with Gasteiger partial charge in [0.15, 0.2) is 0 Å². The number of carbonyl (C=O) groups is 1. The molecule has 0 bridgehead atoms. The van der Waals surface area contributed by atoms with Crippen LogP contribution in [0.2, 0.25) is 0 Å². The smallest absolute Gasteiger partial charge is 0.227 e. The van der Waals surface area contributed by atoms with Crippen LogP contribution < -0.4 is 5.32 Å².